The lowest BCUT2D eigenvalue weighted by atomic mass is 9.89. The van der Waals surface area contributed by atoms with Gasteiger partial charge in [0, 0.05) is 37.2 Å². The van der Waals surface area contributed by atoms with Crippen LogP contribution < -0.4 is 5.32 Å². The Bertz CT molecular complexity index is 285. The Morgan fingerprint density at radius 2 is 2.13 bits per heavy atom. The molecule has 0 unspecified atom stereocenters. The molecule has 1 heterocycles. The number of nitrogens with zero attached hydrogens (tertiary/aromatic N) is 2. The molecular weight excluding hydrogens is 190 g/mol. The number of nitrogens with one attached hydrogen (secondary N) is 1. The first-order valence-corrected chi connectivity index (χ1v) is 5.47. The van der Waals surface area contributed by atoms with Gasteiger partial charge in [-0.3, -0.25) is 0 Å². The Morgan fingerprint density at radius 3 is 2.80 bits per heavy atom. The molecule has 15 heavy (non-hydrogen) atoms. The third-order valence-electron chi connectivity index (χ3n) is 2.71. The van der Waals surface area contributed by atoms with E-state index in [0.29, 0.717) is 12.1 Å². The first-order valence-electron chi connectivity index (χ1n) is 5.47. The summed E-state index contributed by atoms with van der Waals surface area (Å²) in [6, 6.07) is 0.599. The van der Waals surface area contributed by atoms with Crippen molar-refractivity contribution in [3.8, 4) is 0 Å². The molecule has 4 heteroatoms. The maximum absolute atomic E-state index is 5.50. The van der Waals surface area contributed by atoms with Crippen molar-refractivity contribution in [2.75, 3.05) is 6.61 Å². The van der Waals surface area contributed by atoms with Gasteiger partial charge >= 0.3 is 0 Å². The summed E-state index contributed by atoms with van der Waals surface area (Å²) in [5, 5.41) is 3.46. The van der Waals surface area contributed by atoms with E-state index in [4.69, 9.17) is 4.74 Å². The van der Waals surface area contributed by atoms with Crippen LogP contribution in [0.2, 0.25) is 0 Å². The zero-order valence-corrected chi connectivity index (χ0v) is 9.02. The summed E-state index contributed by atoms with van der Waals surface area (Å²) >= 11 is 0. The average Bonchev–Trinajstić information content (AvgIpc) is 2.23. The molecule has 2 rings (SSSR count). The van der Waals surface area contributed by atoms with Crippen molar-refractivity contribution in [3.05, 3.63) is 24.3 Å². The lowest BCUT2D eigenvalue weighted by Crippen LogP contribution is -2.45. The van der Waals surface area contributed by atoms with Crippen LogP contribution >= 0.6 is 0 Å². The van der Waals surface area contributed by atoms with E-state index in [1.807, 2.05) is 19.3 Å². The summed E-state index contributed by atoms with van der Waals surface area (Å²) in [6.07, 6.45) is 7.97. The van der Waals surface area contributed by atoms with Gasteiger partial charge < -0.3 is 10.1 Å². The predicted molar refractivity (Wildman–Crippen MR) is 57.3 cm³/mol. The van der Waals surface area contributed by atoms with Crippen molar-refractivity contribution in [2.45, 2.75) is 38.5 Å². The lowest BCUT2D eigenvalue weighted by Gasteiger charge is -2.35. The largest absolute Gasteiger partial charge is 0.378 e. The van der Waals surface area contributed by atoms with E-state index in [1.165, 1.54) is 0 Å². The summed E-state index contributed by atoms with van der Waals surface area (Å²) in [5.41, 5.74) is 1.14. The smallest absolute Gasteiger partial charge is 0.115 e. The molecule has 0 aliphatic heterocycles. The molecule has 1 fully saturated rings. The van der Waals surface area contributed by atoms with Crippen LogP contribution in [-0.4, -0.2) is 28.7 Å². The van der Waals surface area contributed by atoms with Gasteiger partial charge in [0.1, 0.15) is 6.33 Å². The van der Waals surface area contributed by atoms with Crippen LogP contribution in [0.5, 0.6) is 0 Å². The van der Waals surface area contributed by atoms with Gasteiger partial charge in [0.2, 0.25) is 0 Å². The highest BCUT2D eigenvalue weighted by molar-refractivity contribution is 5.02. The number of ether oxygens (including phenoxy) is 1. The highest BCUT2D eigenvalue weighted by atomic mass is 16.5. The minimum atomic E-state index is 0.472. The highest BCUT2D eigenvalue weighted by Crippen LogP contribution is 2.23. The first kappa shape index (κ1) is 10.5. The Hall–Kier alpha value is -1.00. The third-order valence-corrected chi connectivity index (χ3v) is 2.71. The molecule has 82 valence electrons. The van der Waals surface area contributed by atoms with E-state index >= 15 is 0 Å². The van der Waals surface area contributed by atoms with Crippen molar-refractivity contribution < 1.29 is 4.74 Å². The number of hydrogen-bond acceptors (Lipinski definition) is 4. The monoisotopic (exact) mass is 207 g/mol. The van der Waals surface area contributed by atoms with E-state index < -0.39 is 0 Å². The molecule has 0 amide bonds. The Kier molecular flexibility index (Phi) is 3.64. The standard InChI is InChI=1S/C11H17N3O/c1-2-15-11-3-10(4-11)14-7-9-5-12-8-13-6-9/h5-6,8,10-11,14H,2-4,7H2,1H3. The lowest BCUT2D eigenvalue weighted by molar-refractivity contribution is -0.0102. The fourth-order valence-electron chi connectivity index (χ4n) is 1.79. The second-order valence-electron chi connectivity index (χ2n) is 3.87. The van der Waals surface area contributed by atoms with E-state index in [1.54, 1.807) is 6.33 Å². The topological polar surface area (TPSA) is 47.0 Å². The van der Waals surface area contributed by atoms with Gasteiger partial charge in [-0.15, -0.1) is 0 Å². The van der Waals surface area contributed by atoms with E-state index in [-0.39, 0.29) is 0 Å². The number of aromatic nitrogens is 2. The molecule has 0 saturated heterocycles. The molecule has 0 radical (unpaired) electrons. The molecule has 0 atom stereocenters. The predicted octanol–water partition coefficient (Wildman–Crippen LogP) is 1.13. The molecule has 0 aromatic carbocycles. The molecule has 1 aromatic rings. The Morgan fingerprint density at radius 1 is 1.40 bits per heavy atom. The van der Waals surface area contributed by atoms with Crippen LogP contribution in [0, 0.1) is 0 Å². The fraction of sp³-hybridized carbons (Fsp3) is 0.636. The van der Waals surface area contributed by atoms with Crippen LogP contribution in [0.25, 0.3) is 0 Å². The number of hydrogen-bond donors (Lipinski definition) is 1. The van der Waals surface area contributed by atoms with Gasteiger partial charge in [-0.05, 0) is 19.8 Å². The highest BCUT2D eigenvalue weighted by Gasteiger charge is 2.28. The van der Waals surface area contributed by atoms with Gasteiger partial charge in [-0.2, -0.15) is 0 Å². The molecule has 1 N–H and O–H groups in total. The van der Waals surface area contributed by atoms with Crippen molar-refractivity contribution in [3.63, 3.8) is 0 Å². The minimum Gasteiger partial charge on any atom is -0.378 e. The van der Waals surface area contributed by atoms with Gasteiger partial charge in [-0.1, -0.05) is 0 Å². The van der Waals surface area contributed by atoms with Crippen molar-refractivity contribution in [1.29, 1.82) is 0 Å². The zero-order valence-electron chi connectivity index (χ0n) is 9.02. The SMILES string of the molecule is CCOC1CC(NCc2cncnc2)C1. The van der Waals surface area contributed by atoms with Gasteiger partial charge in [0.25, 0.3) is 0 Å². The average molecular weight is 207 g/mol. The second-order valence-corrected chi connectivity index (χ2v) is 3.87. The Balaban J connectivity index is 1.64. The normalized spacial score (nSPS) is 24.9. The van der Waals surface area contributed by atoms with E-state index in [2.05, 4.69) is 15.3 Å². The van der Waals surface area contributed by atoms with Crippen LogP contribution in [-0.2, 0) is 11.3 Å². The maximum Gasteiger partial charge on any atom is 0.115 e. The first-order chi connectivity index (χ1) is 7.38. The van der Waals surface area contributed by atoms with Crippen LogP contribution in [0.15, 0.2) is 18.7 Å². The van der Waals surface area contributed by atoms with Crippen molar-refractivity contribution >= 4 is 0 Å². The molecule has 1 saturated carbocycles. The maximum atomic E-state index is 5.50. The summed E-state index contributed by atoms with van der Waals surface area (Å²) in [6.45, 7) is 3.72. The van der Waals surface area contributed by atoms with Crippen LogP contribution in [0.1, 0.15) is 25.3 Å². The van der Waals surface area contributed by atoms with Crippen LogP contribution in [0.3, 0.4) is 0 Å². The summed E-state index contributed by atoms with van der Waals surface area (Å²) in [5.74, 6) is 0. The number of rotatable bonds is 5. The van der Waals surface area contributed by atoms with Crippen molar-refractivity contribution in [2.24, 2.45) is 0 Å². The molecule has 1 aliphatic carbocycles. The fourth-order valence-corrected chi connectivity index (χ4v) is 1.79. The van der Waals surface area contributed by atoms with E-state index in [9.17, 15) is 0 Å². The van der Waals surface area contributed by atoms with Gasteiger partial charge in [-0.25, -0.2) is 9.97 Å². The third kappa shape index (κ3) is 2.97. The minimum absolute atomic E-state index is 0.472. The molecule has 1 aromatic heterocycles. The molecule has 4 nitrogen and oxygen atoms in total. The van der Waals surface area contributed by atoms with Crippen molar-refractivity contribution in [1.82, 2.24) is 15.3 Å². The molecular formula is C11H17N3O. The molecule has 0 bridgehead atoms. The van der Waals surface area contributed by atoms with E-state index in [0.717, 1.165) is 31.6 Å². The summed E-state index contributed by atoms with van der Waals surface area (Å²) in [7, 11) is 0. The van der Waals surface area contributed by atoms with Crippen LogP contribution in [0.4, 0.5) is 0 Å². The Labute approximate surface area is 90.1 Å². The second kappa shape index (κ2) is 5.19. The zero-order chi connectivity index (χ0) is 10.5. The molecule has 1 aliphatic rings. The van der Waals surface area contributed by atoms with Gasteiger partial charge in [0.05, 0.1) is 6.10 Å². The molecule has 0 spiro atoms. The summed E-state index contributed by atoms with van der Waals surface area (Å²) < 4.78 is 5.50. The summed E-state index contributed by atoms with van der Waals surface area (Å²) in [4.78, 5) is 7.95. The van der Waals surface area contributed by atoms with Gasteiger partial charge in [0.15, 0.2) is 0 Å². The quantitative estimate of drug-likeness (QED) is 0.786.